The van der Waals surface area contributed by atoms with Gasteiger partial charge in [0.25, 0.3) is 5.91 Å². The summed E-state index contributed by atoms with van der Waals surface area (Å²) in [6.07, 6.45) is 2.74. The third kappa shape index (κ3) is 3.74. The molecule has 1 aromatic carbocycles. The molecule has 3 rings (SSSR count). The molecule has 5 nitrogen and oxygen atoms in total. The predicted octanol–water partition coefficient (Wildman–Crippen LogP) is 2.33. The molecule has 2 aromatic rings. The van der Waals surface area contributed by atoms with E-state index in [1.54, 1.807) is 10.9 Å². The number of aromatic nitrogens is 2. The van der Waals surface area contributed by atoms with Crippen LogP contribution in [0.15, 0.2) is 36.5 Å². The summed E-state index contributed by atoms with van der Waals surface area (Å²) in [5, 5.41) is 10.8. The number of amides is 1. The van der Waals surface area contributed by atoms with Crippen LogP contribution >= 0.6 is 12.4 Å². The SMILES string of the molecule is Cc1c(C(=O)NC2CNCCC2C)cnn1-c1ccccc1.Cl. The molecule has 1 fully saturated rings. The van der Waals surface area contributed by atoms with Crippen molar-refractivity contribution >= 4 is 18.3 Å². The number of hydrogen-bond acceptors (Lipinski definition) is 3. The van der Waals surface area contributed by atoms with Crippen LogP contribution in [0.5, 0.6) is 0 Å². The lowest BCUT2D eigenvalue weighted by molar-refractivity contribution is 0.0914. The Hall–Kier alpha value is -1.85. The van der Waals surface area contributed by atoms with Gasteiger partial charge >= 0.3 is 0 Å². The van der Waals surface area contributed by atoms with Gasteiger partial charge in [0, 0.05) is 12.6 Å². The smallest absolute Gasteiger partial charge is 0.255 e. The fourth-order valence-corrected chi connectivity index (χ4v) is 2.89. The second-order valence-corrected chi connectivity index (χ2v) is 5.94. The quantitative estimate of drug-likeness (QED) is 0.905. The summed E-state index contributed by atoms with van der Waals surface area (Å²) in [4.78, 5) is 12.5. The monoisotopic (exact) mass is 334 g/mol. The fraction of sp³-hybridized carbons (Fsp3) is 0.412. The first-order valence-corrected chi connectivity index (χ1v) is 7.78. The number of rotatable bonds is 3. The Bertz CT molecular complexity index is 656. The highest BCUT2D eigenvalue weighted by atomic mass is 35.5. The highest BCUT2D eigenvalue weighted by Gasteiger charge is 2.24. The maximum Gasteiger partial charge on any atom is 0.255 e. The summed E-state index contributed by atoms with van der Waals surface area (Å²) in [5.74, 6) is 0.454. The average Bonchev–Trinajstić information content (AvgIpc) is 2.92. The normalized spacial score (nSPS) is 20.6. The molecule has 1 saturated heterocycles. The van der Waals surface area contributed by atoms with E-state index in [1.807, 2.05) is 37.3 Å². The zero-order valence-electron chi connectivity index (χ0n) is 13.5. The highest BCUT2D eigenvalue weighted by Crippen LogP contribution is 2.16. The van der Waals surface area contributed by atoms with Crippen LogP contribution in [0.4, 0.5) is 0 Å². The van der Waals surface area contributed by atoms with Crippen LogP contribution in [0, 0.1) is 12.8 Å². The molecule has 0 spiro atoms. The van der Waals surface area contributed by atoms with E-state index >= 15 is 0 Å². The van der Waals surface area contributed by atoms with Crippen LogP contribution in [-0.2, 0) is 0 Å². The number of benzene rings is 1. The Labute approximate surface area is 142 Å². The highest BCUT2D eigenvalue weighted by molar-refractivity contribution is 5.95. The third-order valence-corrected chi connectivity index (χ3v) is 4.40. The van der Waals surface area contributed by atoms with Crippen LogP contribution < -0.4 is 10.6 Å². The second-order valence-electron chi connectivity index (χ2n) is 5.94. The lowest BCUT2D eigenvalue weighted by Gasteiger charge is -2.30. The van der Waals surface area contributed by atoms with Crippen molar-refractivity contribution in [1.29, 1.82) is 0 Å². The minimum absolute atomic E-state index is 0. The first-order chi connectivity index (χ1) is 10.7. The predicted molar refractivity (Wildman–Crippen MR) is 93.5 cm³/mol. The lowest BCUT2D eigenvalue weighted by Crippen LogP contribution is -2.50. The van der Waals surface area contributed by atoms with Crippen molar-refractivity contribution in [2.24, 2.45) is 5.92 Å². The van der Waals surface area contributed by atoms with E-state index in [-0.39, 0.29) is 24.4 Å². The Kier molecular flexibility index (Phi) is 5.80. The minimum atomic E-state index is -0.0415. The number of hydrogen-bond donors (Lipinski definition) is 2. The van der Waals surface area contributed by atoms with Gasteiger partial charge in [0.1, 0.15) is 0 Å². The number of nitrogens with zero attached hydrogens (tertiary/aromatic N) is 2. The van der Waals surface area contributed by atoms with Crippen LogP contribution in [0.3, 0.4) is 0 Å². The number of carbonyl (C=O) groups excluding carboxylic acids is 1. The lowest BCUT2D eigenvalue weighted by atomic mass is 9.94. The molecular formula is C17H23ClN4O. The van der Waals surface area contributed by atoms with Crippen molar-refractivity contribution in [3.8, 4) is 5.69 Å². The molecule has 0 bridgehead atoms. The van der Waals surface area contributed by atoms with Crippen molar-refractivity contribution in [3.63, 3.8) is 0 Å². The van der Waals surface area contributed by atoms with Gasteiger partial charge in [0.2, 0.25) is 0 Å². The number of nitrogens with one attached hydrogen (secondary N) is 2. The standard InChI is InChI=1S/C17H22N4O.ClH/c1-12-8-9-18-11-16(12)20-17(22)15-10-19-21(13(15)2)14-6-4-3-5-7-14;/h3-7,10,12,16,18H,8-9,11H2,1-2H3,(H,20,22);1H. The zero-order chi connectivity index (χ0) is 15.5. The molecule has 1 amide bonds. The first-order valence-electron chi connectivity index (χ1n) is 7.78. The molecule has 2 N–H and O–H groups in total. The van der Waals surface area contributed by atoms with Crippen molar-refractivity contribution < 1.29 is 4.79 Å². The molecule has 2 heterocycles. The molecule has 0 aliphatic carbocycles. The zero-order valence-corrected chi connectivity index (χ0v) is 14.3. The van der Waals surface area contributed by atoms with Crippen LogP contribution in [0.1, 0.15) is 29.4 Å². The molecular weight excluding hydrogens is 312 g/mol. The molecule has 1 aromatic heterocycles. The van der Waals surface area contributed by atoms with E-state index in [0.29, 0.717) is 11.5 Å². The van der Waals surface area contributed by atoms with Crippen LogP contribution in [0.2, 0.25) is 0 Å². The van der Waals surface area contributed by atoms with Gasteiger partial charge in [-0.15, -0.1) is 12.4 Å². The average molecular weight is 335 g/mol. The Morgan fingerprint density at radius 1 is 1.35 bits per heavy atom. The summed E-state index contributed by atoms with van der Waals surface area (Å²) < 4.78 is 1.80. The van der Waals surface area contributed by atoms with Crippen molar-refractivity contribution in [2.45, 2.75) is 26.3 Å². The molecule has 0 saturated carbocycles. The maximum absolute atomic E-state index is 12.5. The molecule has 0 radical (unpaired) electrons. The Morgan fingerprint density at radius 2 is 2.09 bits per heavy atom. The molecule has 6 heteroatoms. The van der Waals surface area contributed by atoms with Gasteiger partial charge in [-0.05, 0) is 37.9 Å². The summed E-state index contributed by atoms with van der Waals surface area (Å²) in [7, 11) is 0. The molecule has 2 unspecified atom stereocenters. The minimum Gasteiger partial charge on any atom is -0.348 e. The number of carbonyl (C=O) groups is 1. The number of halogens is 1. The van der Waals surface area contributed by atoms with E-state index in [2.05, 4.69) is 22.7 Å². The number of para-hydroxylation sites is 1. The third-order valence-electron chi connectivity index (χ3n) is 4.40. The van der Waals surface area contributed by atoms with E-state index in [0.717, 1.165) is 30.9 Å². The van der Waals surface area contributed by atoms with E-state index in [1.165, 1.54) is 0 Å². The van der Waals surface area contributed by atoms with E-state index in [4.69, 9.17) is 0 Å². The van der Waals surface area contributed by atoms with Crippen LogP contribution in [-0.4, -0.2) is 34.8 Å². The first kappa shape index (κ1) is 17.5. The summed E-state index contributed by atoms with van der Waals surface area (Å²) in [5.41, 5.74) is 2.47. The maximum atomic E-state index is 12.5. The summed E-state index contributed by atoms with van der Waals surface area (Å²) in [6, 6.07) is 10.0. The van der Waals surface area contributed by atoms with Gasteiger partial charge in [-0.2, -0.15) is 5.10 Å². The summed E-state index contributed by atoms with van der Waals surface area (Å²) >= 11 is 0. The van der Waals surface area contributed by atoms with Gasteiger partial charge in [-0.1, -0.05) is 25.1 Å². The fourth-order valence-electron chi connectivity index (χ4n) is 2.89. The molecule has 23 heavy (non-hydrogen) atoms. The molecule has 124 valence electrons. The molecule has 2 atom stereocenters. The van der Waals surface area contributed by atoms with E-state index in [9.17, 15) is 4.79 Å². The Morgan fingerprint density at radius 3 is 2.78 bits per heavy atom. The van der Waals surface area contributed by atoms with Crippen LogP contribution in [0.25, 0.3) is 5.69 Å². The van der Waals surface area contributed by atoms with Gasteiger partial charge in [0.05, 0.1) is 23.1 Å². The van der Waals surface area contributed by atoms with Crippen molar-refractivity contribution in [2.75, 3.05) is 13.1 Å². The van der Waals surface area contributed by atoms with Crippen molar-refractivity contribution in [1.82, 2.24) is 20.4 Å². The Balaban J connectivity index is 0.00000192. The number of piperidine rings is 1. The van der Waals surface area contributed by atoms with Gasteiger partial charge in [-0.3, -0.25) is 4.79 Å². The molecule has 1 aliphatic heterocycles. The van der Waals surface area contributed by atoms with Gasteiger partial charge < -0.3 is 10.6 Å². The topological polar surface area (TPSA) is 59.0 Å². The summed E-state index contributed by atoms with van der Waals surface area (Å²) in [6.45, 7) is 5.97. The van der Waals surface area contributed by atoms with Gasteiger partial charge in [-0.25, -0.2) is 4.68 Å². The van der Waals surface area contributed by atoms with Crippen molar-refractivity contribution in [3.05, 3.63) is 47.8 Å². The largest absolute Gasteiger partial charge is 0.348 e. The van der Waals surface area contributed by atoms with Gasteiger partial charge in [0.15, 0.2) is 0 Å². The van der Waals surface area contributed by atoms with E-state index < -0.39 is 0 Å². The molecule has 1 aliphatic rings. The second kappa shape index (κ2) is 7.62.